The molecule has 1 aromatic carbocycles. The van der Waals surface area contributed by atoms with Gasteiger partial charge >= 0.3 is 23.9 Å². The lowest BCUT2D eigenvalue weighted by Gasteiger charge is -2.69. The zero-order valence-corrected chi connectivity index (χ0v) is 33.7. The third-order valence-corrected chi connectivity index (χ3v) is 15.2. The van der Waals surface area contributed by atoms with Crippen LogP contribution in [-0.4, -0.2) is 46.8 Å². The van der Waals surface area contributed by atoms with Crippen molar-refractivity contribution < 1.29 is 43.2 Å². The Bertz CT molecular complexity index is 1690. The third kappa shape index (κ3) is 6.54. The van der Waals surface area contributed by atoms with Crippen LogP contribution in [0.1, 0.15) is 156 Å². The van der Waals surface area contributed by atoms with Crippen molar-refractivity contribution in [2.24, 2.45) is 34.0 Å². The van der Waals surface area contributed by atoms with Crippen LogP contribution in [0.3, 0.4) is 0 Å². The van der Waals surface area contributed by atoms with Crippen LogP contribution < -0.4 is 4.74 Å². The van der Waals surface area contributed by atoms with E-state index in [1.165, 1.54) is 26.3 Å². The summed E-state index contributed by atoms with van der Waals surface area (Å²) in [6, 6.07) is 3.36. The van der Waals surface area contributed by atoms with Crippen molar-refractivity contribution in [1.29, 1.82) is 0 Å². The van der Waals surface area contributed by atoms with E-state index in [1.807, 2.05) is 0 Å². The van der Waals surface area contributed by atoms with Gasteiger partial charge in [0.25, 0.3) is 0 Å². The molecule has 1 heterocycles. The number of aliphatic carboxylic acids is 1. The first-order chi connectivity index (χ1) is 24.7. The van der Waals surface area contributed by atoms with Crippen LogP contribution in [0.2, 0.25) is 0 Å². The molecule has 1 N–H and O–H groups in total. The summed E-state index contributed by atoms with van der Waals surface area (Å²) < 4.78 is 24.6. The van der Waals surface area contributed by atoms with Crippen molar-refractivity contribution in [2.45, 2.75) is 169 Å². The summed E-state index contributed by atoms with van der Waals surface area (Å²) in [6.45, 7) is 20.2. The van der Waals surface area contributed by atoms with Crippen LogP contribution in [0.15, 0.2) is 23.8 Å². The highest BCUT2D eigenvalue weighted by atomic mass is 16.6. The summed E-state index contributed by atoms with van der Waals surface area (Å²) in [7, 11) is 0. The number of hydrogen-bond acceptors (Lipinski definition) is 8. The Morgan fingerprint density at radius 1 is 0.811 bits per heavy atom. The minimum Gasteiger partial charge on any atom is -0.478 e. The minimum atomic E-state index is -1.45. The van der Waals surface area contributed by atoms with Crippen molar-refractivity contribution in [3.63, 3.8) is 0 Å². The second kappa shape index (κ2) is 13.8. The van der Waals surface area contributed by atoms with Gasteiger partial charge in [-0.1, -0.05) is 45.4 Å². The monoisotopic (exact) mass is 734 g/mol. The number of ether oxygens (including phenoxy) is 4. The van der Waals surface area contributed by atoms with Crippen LogP contribution in [0.5, 0.6) is 5.75 Å². The first kappa shape index (κ1) is 39.5. The van der Waals surface area contributed by atoms with Gasteiger partial charge in [-0.05, 0) is 148 Å². The lowest BCUT2D eigenvalue weighted by Crippen LogP contribution is -2.64. The van der Waals surface area contributed by atoms with Gasteiger partial charge in [-0.2, -0.15) is 0 Å². The highest BCUT2D eigenvalue weighted by molar-refractivity contribution is 5.80. The highest BCUT2D eigenvalue weighted by Crippen LogP contribution is 2.74. The average molecular weight is 735 g/mol. The SMILES string of the molecule is CC(=O)Oc1ccc(C(OC(C)=O)C(=O)O)c2c1C[C@H]1[C@@]3(C)CC[C@H]4[C@@](C)(CC[C@H]5O[C@@](C)(CCC=C(C)C)[C@H](OC(C)=O)CC[C@]45C)[C@@H]3CC[C@]21C. The second-order valence-electron chi connectivity index (χ2n) is 18.7. The van der Waals surface area contributed by atoms with E-state index in [0.29, 0.717) is 29.6 Å². The number of hydrogen-bond donors (Lipinski definition) is 1. The van der Waals surface area contributed by atoms with Gasteiger partial charge in [-0.25, -0.2) is 4.79 Å². The number of rotatable bonds is 8. The van der Waals surface area contributed by atoms with Crippen LogP contribution in [0.25, 0.3) is 0 Å². The maximum Gasteiger partial charge on any atom is 0.349 e. The molecule has 0 aromatic heterocycles. The standard InChI is InChI=1S/C44H62O9/c1-25(2)12-11-19-44(10)36(51-27(4)46)18-23-42(8)33-15-20-41(7)32(40(33,6)22-17-35(42)53-44)16-21-43(9)34(41)24-30-31(50-26(3)45)14-13-29(37(30)43)38(39(48)49)52-28(5)47/h12-14,32-36,38H,11,15-24H2,1-10H3,(H,48,49)/t32-,33-,34-,35+,36+,38?,40-,41-,42+,43-,44-/m0/s1. The molecule has 0 spiro atoms. The number of carbonyl (C=O) groups excluding carboxylic acids is 3. The fourth-order valence-corrected chi connectivity index (χ4v) is 13.1. The van der Waals surface area contributed by atoms with E-state index < -0.39 is 35.0 Å². The Labute approximate surface area is 315 Å². The quantitative estimate of drug-likeness (QED) is 0.158. The maximum atomic E-state index is 12.6. The molecule has 0 bridgehead atoms. The van der Waals surface area contributed by atoms with E-state index in [2.05, 4.69) is 54.5 Å². The lowest BCUT2D eigenvalue weighted by atomic mass is 9.36. The van der Waals surface area contributed by atoms with E-state index in [1.54, 1.807) is 12.1 Å². The molecule has 9 heteroatoms. The summed E-state index contributed by atoms with van der Waals surface area (Å²) in [5.74, 6) is -1.08. The number of allylic oxidation sites excluding steroid dienone is 2. The van der Waals surface area contributed by atoms with E-state index in [0.717, 1.165) is 75.3 Å². The topological polar surface area (TPSA) is 125 Å². The third-order valence-electron chi connectivity index (χ3n) is 15.2. The largest absolute Gasteiger partial charge is 0.478 e. The number of benzene rings is 1. The van der Waals surface area contributed by atoms with Crippen molar-refractivity contribution in [2.75, 3.05) is 0 Å². The molecule has 9 nitrogen and oxygen atoms in total. The van der Waals surface area contributed by atoms with Crippen molar-refractivity contribution in [1.82, 2.24) is 0 Å². The minimum absolute atomic E-state index is 0.0420. The second-order valence-corrected chi connectivity index (χ2v) is 18.7. The smallest absolute Gasteiger partial charge is 0.349 e. The zero-order valence-electron chi connectivity index (χ0n) is 33.7. The molecular formula is C44H62O9. The molecule has 4 fully saturated rings. The molecule has 1 unspecified atom stereocenters. The van der Waals surface area contributed by atoms with Crippen LogP contribution in [0.4, 0.5) is 0 Å². The van der Waals surface area contributed by atoms with Crippen molar-refractivity contribution in [3.05, 3.63) is 40.5 Å². The summed E-state index contributed by atoms with van der Waals surface area (Å²) in [4.78, 5) is 49.5. The molecule has 1 aromatic rings. The lowest BCUT2D eigenvalue weighted by molar-refractivity contribution is -0.238. The Balaban J connectivity index is 1.36. The highest BCUT2D eigenvalue weighted by Gasteiger charge is 2.69. The van der Waals surface area contributed by atoms with Crippen molar-refractivity contribution in [3.8, 4) is 5.75 Å². The molecule has 0 amide bonds. The van der Waals surface area contributed by atoms with Gasteiger partial charge in [-0.15, -0.1) is 0 Å². The van der Waals surface area contributed by atoms with Gasteiger partial charge in [0.05, 0.1) is 6.10 Å². The van der Waals surface area contributed by atoms with E-state index >= 15 is 0 Å². The summed E-state index contributed by atoms with van der Waals surface area (Å²) >= 11 is 0. The van der Waals surface area contributed by atoms with Crippen LogP contribution in [0, 0.1) is 34.0 Å². The molecule has 1 aliphatic heterocycles. The van der Waals surface area contributed by atoms with Crippen molar-refractivity contribution >= 4 is 23.9 Å². The van der Waals surface area contributed by atoms with Gasteiger partial charge in [0, 0.05) is 26.3 Å². The Hall–Kier alpha value is -3.20. The Morgan fingerprint density at radius 2 is 1.43 bits per heavy atom. The number of carbonyl (C=O) groups is 4. The van der Waals surface area contributed by atoms with Crippen LogP contribution in [-0.2, 0) is 45.2 Å². The number of fused-ring (bicyclic) bond motifs is 9. The first-order valence-electron chi connectivity index (χ1n) is 19.9. The average Bonchev–Trinajstić information content (AvgIpc) is 3.32. The van der Waals surface area contributed by atoms with Gasteiger partial charge in [0.2, 0.25) is 6.10 Å². The van der Waals surface area contributed by atoms with Gasteiger partial charge < -0.3 is 24.1 Å². The summed E-state index contributed by atoms with van der Waals surface area (Å²) in [5, 5.41) is 10.3. The first-order valence-corrected chi connectivity index (χ1v) is 19.9. The van der Waals surface area contributed by atoms with Gasteiger partial charge in [0.15, 0.2) is 0 Å². The zero-order chi connectivity index (χ0) is 38.9. The maximum absolute atomic E-state index is 12.6. The molecule has 3 saturated carbocycles. The van der Waals surface area contributed by atoms with Crippen LogP contribution >= 0.6 is 0 Å². The Kier molecular flexibility index (Phi) is 10.3. The van der Waals surface area contributed by atoms with Gasteiger partial charge in [-0.3, -0.25) is 14.4 Å². The molecule has 6 rings (SSSR count). The molecule has 53 heavy (non-hydrogen) atoms. The molecule has 1 saturated heterocycles. The van der Waals surface area contributed by atoms with Gasteiger partial charge in [0.1, 0.15) is 17.5 Å². The molecule has 292 valence electrons. The molecule has 0 radical (unpaired) electrons. The fourth-order valence-electron chi connectivity index (χ4n) is 13.1. The predicted octanol–water partition coefficient (Wildman–Crippen LogP) is 8.98. The normalized spacial score (nSPS) is 39.0. The Morgan fingerprint density at radius 3 is 2.06 bits per heavy atom. The predicted molar refractivity (Wildman–Crippen MR) is 200 cm³/mol. The van der Waals surface area contributed by atoms with E-state index in [4.69, 9.17) is 18.9 Å². The molecule has 11 atom stereocenters. The number of carboxylic acid groups (broad SMARTS) is 1. The number of esters is 3. The van der Waals surface area contributed by atoms with E-state index in [9.17, 15) is 24.3 Å². The molecule has 4 aliphatic carbocycles. The summed E-state index contributed by atoms with van der Waals surface area (Å²) in [5.41, 5.74) is 2.40. The molecular weight excluding hydrogens is 672 g/mol. The van der Waals surface area contributed by atoms with E-state index in [-0.39, 0.29) is 40.3 Å². The summed E-state index contributed by atoms with van der Waals surface area (Å²) in [6.07, 6.45) is 10.5. The number of carboxylic acids is 1. The fraction of sp³-hybridized carbons (Fsp3) is 0.727. The molecule has 5 aliphatic rings.